The molecule has 0 aromatic heterocycles. The Morgan fingerprint density at radius 1 is 1.26 bits per heavy atom. The Balaban J connectivity index is 2.07. The van der Waals surface area contributed by atoms with Gasteiger partial charge in [-0.2, -0.15) is 0 Å². The summed E-state index contributed by atoms with van der Waals surface area (Å²) in [7, 11) is 0. The Bertz CT molecular complexity index is 579. The van der Waals surface area contributed by atoms with Gasteiger partial charge in [-0.3, -0.25) is 0 Å². The molecule has 0 aliphatic rings. The average Bonchev–Trinajstić information content (AvgIpc) is 2.40. The van der Waals surface area contributed by atoms with E-state index in [4.69, 9.17) is 11.6 Å². The number of halogens is 3. The lowest BCUT2D eigenvalue weighted by Crippen LogP contribution is -2.02. The monoisotopic (exact) mass is 360 g/mol. The second-order valence-electron chi connectivity index (χ2n) is 3.92. The van der Waals surface area contributed by atoms with Crippen LogP contribution in [-0.4, -0.2) is 10.9 Å². The van der Waals surface area contributed by atoms with Gasteiger partial charge in [0.15, 0.2) is 0 Å². The van der Waals surface area contributed by atoms with Crippen molar-refractivity contribution in [3.8, 4) is 0 Å². The number of benzene rings is 2. The van der Waals surface area contributed by atoms with E-state index in [1.165, 1.54) is 30.0 Å². The van der Waals surface area contributed by atoms with Crippen molar-refractivity contribution < 1.29 is 9.50 Å². The highest BCUT2D eigenvalue weighted by Crippen LogP contribution is 2.32. The summed E-state index contributed by atoms with van der Waals surface area (Å²) in [5.41, 5.74) is 0.418. The molecule has 5 heteroatoms. The number of aliphatic hydroxyl groups is 1. The summed E-state index contributed by atoms with van der Waals surface area (Å²) < 4.78 is 14.1. The number of hydrogen-bond acceptors (Lipinski definition) is 2. The zero-order valence-corrected chi connectivity index (χ0v) is 13.0. The minimum Gasteiger partial charge on any atom is -0.387 e. The van der Waals surface area contributed by atoms with Crippen LogP contribution in [0, 0.1) is 5.82 Å². The third-order valence-electron chi connectivity index (χ3n) is 2.55. The van der Waals surface area contributed by atoms with Gasteiger partial charge in [-0.15, -0.1) is 11.8 Å². The molecule has 0 aliphatic carbocycles. The van der Waals surface area contributed by atoms with Crippen LogP contribution in [0.1, 0.15) is 11.7 Å². The molecule has 0 heterocycles. The second-order valence-corrected chi connectivity index (χ2v) is 6.25. The summed E-state index contributed by atoms with van der Waals surface area (Å²) in [6.07, 6.45) is -0.805. The van der Waals surface area contributed by atoms with E-state index < -0.39 is 11.9 Å². The van der Waals surface area contributed by atoms with Crippen LogP contribution >= 0.6 is 39.3 Å². The predicted octanol–water partition coefficient (Wildman–Crippen LogP) is 5.07. The first-order chi connectivity index (χ1) is 9.08. The second kappa shape index (κ2) is 6.75. The van der Waals surface area contributed by atoms with Crippen molar-refractivity contribution in [3.63, 3.8) is 0 Å². The first-order valence-corrected chi connectivity index (χ1v) is 7.74. The molecule has 1 atom stereocenters. The summed E-state index contributed by atoms with van der Waals surface area (Å²) in [6, 6.07) is 11.7. The van der Waals surface area contributed by atoms with Crippen molar-refractivity contribution in [2.24, 2.45) is 0 Å². The minimum absolute atomic E-state index is 0.377. The highest BCUT2D eigenvalue weighted by Gasteiger charge is 2.13. The van der Waals surface area contributed by atoms with Crippen LogP contribution in [0.5, 0.6) is 0 Å². The van der Waals surface area contributed by atoms with Crippen LogP contribution in [-0.2, 0) is 0 Å². The van der Waals surface area contributed by atoms with Crippen molar-refractivity contribution in [1.29, 1.82) is 0 Å². The number of rotatable bonds is 4. The third kappa shape index (κ3) is 3.96. The quantitative estimate of drug-likeness (QED) is 0.767. The van der Waals surface area contributed by atoms with E-state index in [9.17, 15) is 9.50 Å². The molecule has 0 bridgehead atoms. The topological polar surface area (TPSA) is 20.2 Å². The van der Waals surface area contributed by atoms with Crippen LogP contribution < -0.4 is 0 Å². The van der Waals surface area contributed by atoms with Gasteiger partial charge in [0.25, 0.3) is 0 Å². The van der Waals surface area contributed by atoms with Gasteiger partial charge in [0.1, 0.15) is 5.82 Å². The number of aliphatic hydroxyl groups excluding tert-OH is 1. The van der Waals surface area contributed by atoms with Crippen molar-refractivity contribution >= 4 is 39.3 Å². The Morgan fingerprint density at radius 2 is 2.00 bits per heavy atom. The lowest BCUT2D eigenvalue weighted by molar-refractivity contribution is 0.203. The smallest absolute Gasteiger partial charge is 0.123 e. The van der Waals surface area contributed by atoms with Gasteiger partial charge in [-0.1, -0.05) is 23.7 Å². The Morgan fingerprint density at radius 3 is 2.74 bits per heavy atom. The van der Waals surface area contributed by atoms with Gasteiger partial charge >= 0.3 is 0 Å². The van der Waals surface area contributed by atoms with E-state index >= 15 is 0 Å². The third-order valence-corrected chi connectivity index (χ3v) is 5.00. The van der Waals surface area contributed by atoms with Gasteiger partial charge in [0.2, 0.25) is 0 Å². The molecule has 2 aromatic carbocycles. The molecule has 100 valence electrons. The van der Waals surface area contributed by atoms with Gasteiger partial charge in [-0.25, -0.2) is 4.39 Å². The maximum absolute atomic E-state index is 13.2. The highest BCUT2D eigenvalue weighted by molar-refractivity contribution is 9.10. The van der Waals surface area contributed by atoms with Crippen LogP contribution in [0.25, 0.3) is 0 Å². The molecular formula is C14H11BrClFOS. The van der Waals surface area contributed by atoms with Crippen LogP contribution in [0.3, 0.4) is 0 Å². The van der Waals surface area contributed by atoms with E-state index in [2.05, 4.69) is 15.9 Å². The zero-order chi connectivity index (χ0) is 13.8. The number of thioether (sulfide) groups is 1. The van der Waals surface area contributed by atoms with Gasteiger partial charge in [0, 0.05) is 25.7 Å². The highest BCUT2D eigenvalue weighted by atomic mass is 79.9. The van der Waals surface area contributed by atoms with Crippen LogP contribution in [0.15, 0.2) is 51.8 Å². The van der Waals surface area contributed by atoms with Crippen molar-refractivity contribution in [2.75, 3.05) is 5.75 Å². The van der Waals surface area contributed by atoms with E-state index in [0.717, 1.165) is 9.37 Å². The normalized spacial score (nSPS) is 12.4. The predicted molar refractivity (Wildman–Crippen MR) is 81.2 cm³/mol. The van der Waals surface area contributed by atoms with Crippen molar-refractivity contribution in [2.45, 2.75) is 11.0 Å². The molecule has 0 saturated carbocycles. The fraction of sp³-hybridized carbons (Fsp3) is 0.143. The van der Waals surface area contributed by atoms with E-state index in [1.807, 2.05) is 24.3 Å². The summed E-state index contributed by atoms with van der Waals surface area (Å²) in [5.74, 6) is 0.00976. The maximum atomic E-state index is 13.2. The molecule has 0 amide bonds. The number of hydrogen-bond donors (Lipinski definition) is 1. The molecule has 0 saturated heterocycles. The standard InChI is InChI=1S/C14H11BrClFOS/c15-11-3-1-2-4-14(11)19-8-13(18)10-7-9(17)5-6-12(10)16/h1-7,13,18H,8H2. The largest absolute Gasteiger partial charge is 0.387 e. The zero-order valence-electron chi connectivity index (χ0n) is 9.82. The SMILES string of the molecule is OC(CSc1ccccc1Br)c1cc(F)ccc1Cl. The van der Waals surface area contributed by atoms with E-state index in [-0.39, 0.29) is 0 Å². The van der Waals surface area contributed by atoms with Crippen LogP contribution in [0.2, 0.25) is 5.02 Å². The first kappa shape index (κ1) is 14.9. The van der Waals surface area contributed by atoms with Crippen molar-refractivity contribution in [1.82, 2.24) is 0 Å². The van der Waals surface area contributed by atoms with Crippen molar-refractivity contribution in [3.05, 3.63) is 63.3 Å². The van der Waals surface area contributed by atoms with Gasteiger partial charge in [0.05, 0.1) is 6.10 Å². The summed E-state index contributed by atoms with van der Waals surface area (Å²) in [5, 5.41) is 10.5. The molecule has 0 spiro atoms. The molecule has 1 unspecified atom stereocenters. The summed E-state index contributed by atoms with van der Waals surface area (Å²) >= 11 is 10.9. The Labute approximate surface area is 128 Å². The molecule has 2 aromatic rings. The van der Waals surface area contributed by atoms with Crippen LogP contribution in [0.4, 0.5) is 4.39 Å². The molecule has 1 nitrogen and oxygen atoms in total. The fourth-order valence-electron chi connectivity index (χ4n) is 1.59. The molecule has 19 heavy (non-hydrogen) atoms. The molecule has 1 N–H and O–H groups in total. The Kier molecular flexibility index (Phi) is 5.28. The lowest BCUT2D eigenvalue weighted by Gasteiger charge is -2.13. The van der Waals surface area contributed by atoms with Gasteiger partial charge in [-0.05, 0) is 46.3 Å². The molecular weight excluding hydrogens is 351 g/mol. The van der Waals surface area contributed by atoms with E-state index in [1.54, 1.807) is 0 Å². The molecule has 0 radical (unpaired) electrons. The minimum atomic E-state index is -0.805. The molecule has 0 fully saturated rings. The summed E-state index contributed by atoms with van der Waals surface area (Å²) in [4.78, 5) is 1.02. The fourth-order valence-corrected chi connectivity index (χ4v) is 3.36. The summed E-state index contributed by atoms with van der Waals surface area (Å²) in [6.45, 7) is 0. The average molecular weight is 362 g/mol. The lowest BCUT2D eigenvalue weighted by atomic mass is 10.1. The molecule has 2 rings (SSSR count). The first-order valence-electron chi connectivity index (χ1n) is 5.58. The van der Waals surface area contributed by atoms with E-state index in [0.29, 0.717) is 16.3 Å². The van der Waals surface area contributed by atoms with Gasteiger partial charge < -0.3 is 5.11 Å². The Hall–Kier alpha value is -0.550. The molecule has 0 aliphatic heterocycles. The maximum Gasteiger partial charge on any atom is 0.123 e.